The predicted octanol–water partition coefficient (Wildman–Crippen LogP) is 5.13. The lowest BCUT2D eigenvalue weighted by Crippen LogP contribution is -2.58. The second-order valence-corrected chi connectivity index (χ2v) is 10.5. The summed E-state index contributed by atoms with van der Waals surface area (Å²) in [6.07, 6.45) is 7.84. The van der Waals surface area contributed by atoms with Crippen molar-refractivity contribution >= 4 is 5.97 Å². The largest absolute Gasteiger partial charge is 0.463 e. The van der Waals surface area contributed by atoms with Crippen molar-refractivity contribution < 1.29 is 23.8 Å². The first-order valence-corrected chi connectivity index (χ1v) is 11.0. The Labute approximate surface area is 179 Å². The average molecular weight is 415 g/mol. The van der Waals surface area contributed by atoms with Crippen molar-refractivity contribution in [3.8, 4) is 0 Å². The van der Waals surface area contributed by atoms with Gasteiger partial charge in [0, 0.05) is 23.5 Å². The molecular weight excluding hydrogens is 380 g/mol. The van der Waals surface area contributed by atoms with Gasteiger partial charge in [-0.05, 0) is 77.4 Å². The fraction of sp³-hybridized carbons (Fsp3) is 0.640. The standard InChI is InChI=1S/C25H34O5/c1-15(2)11-21(26)28-10-8-18-17-12-16(3)30-22(17)25(27)14-29-23(4,5)19-7-9-24(18,6)13-20(19)25/h8,10-12,18-20,27H,7,9,13-14H2,1-6H3/b10-8+/t18-,19+,20-,24-,25-/m0/s1. The molecule has 0 unspecified atom stereocenters. The molecule has 1 N–H and O–H groups in total. The molecule has 5 heteroatoms. The number of hydrogen-bond donors (Lipinski definition) is 1. The molecule has 1 aliphatic heterocycles. The molecule has 2 aliphatic carbocycles. The van der Waals surface area contributed by atoms with E-state index < -0.39 is 5.60 Å². The molecule has 2 bridgehead atoms. The lowest BCUT2D eigenvalue weighted by Gasteiger charge is -2.56. The lowest BCUT2D eigenvalue weighted by molar-refractivity contribution is -0.247. The Hall–Kier alpha value is -1.85. The Balaban J connectivity index is 1.76. The van der Waals surface area contributed by atoms with Gasteiger partial charge in [0.15, 0.2) is 0 Å². The van der Waals surface area contributed by atoms with Crippen LogP contribution in [0.2, 0.25) is 0 Å². The van der Waals surface area contributed by atoms with Crippen LogP contribution >= 0.6 is 0 Å². The zero-order valence-electron chi connectivity index (χ0n) is 19.0. The fourth-order valence-corrected chi connectivity index (χ4v) is 6.06. The van der Waals surface area contributed by atoms with Crippen molar-refractivity contribution in [2.24, 2.45) is 17.3 Å². The maximum absolute atomic E-state index is 12.0. The van der Waals surface area contributed by atoms with E-state index in [1.165, 1.54) is 12.3 Å². The molecule has 2 fully saturated rings. The summed E-state index contributed by atoms with van der Waals surface area (Å²) in [7, 11) is 0. The van der Waals surface area contributed by atoms with E-state index in [9.17, 15) is 9.90 Å². The number of ether oxygens (including phenoxy) is 2. The lowest BCUT2D eigenvalue weighted by atomic mass is 9.55. The zero-order chi connectivity index (χ0) is 21.9. The molecule has 1 saturated carbocycles. The molecule has 4 rings (SSSR count). The van der Waals surface area contributed by atoms with E-state index in [0.29, 0.717) is 5.76 Å². The summed E-state index contributed by atoms with van der Waals surface area (Å²) in [6, 6.07) is 2.03. The van der Waals surface area contributed by atoms with Crippen LogP contribution in [0.5, 0.6) is 0 Å². The first-order chi connectivity index (χ1) is 14.0. The molecule has 30 heavy (non-hydrogen) atoms. The quantitative estimate of drug-likeness (QED) is 0.422. The van der Waals surface area contributed by atoms with Crippen molar-refractivity contribution in [2.75, 3.05) is 6.61 Å². The fourth-order valence-electron chi connectivity index (χ4n) is 6.06. The van der Waals surface area contributed by atoms with Gasteiger partial charge in [-0.3, -0.25) is 0 Å². The number of rotatable bonds is 3. The third-order valence-corrected chi connectivity index (χ3v) is 7.59. The van der Waals surface area contributed by atoms with E-state index in [-0.39, 0.29) is 41.3 Å². The van der Waals surface area contributed by atoms with Crippen molar-refractivity contribution in [2.45, 2.75) is 77.9 Å². The van der Waals surface area contributed by atoms with Crippen LogP contribution in [0.15, 0.2) is 34.5 Å². The van der Waals surface area contributed by atoms with Gasteiger partial charge >= 0.3 is 5.97 Å². The summed E-state index contributed by atoms with van der Waals surface area (Å²) >= 11 is 0. The Morgan fingerprint density at radius 2 is 2.00 bits per heavy atom. The average Bonchev–Trinajstić information content (AvgIpc) is 3.01. The molecule has 164 valence electrons. The number of hydrogen-bond acceptors (Lipinski definition) is 5. The molecule has 0 aromatic carbocycles. The molecule has 0 amide bonds. The Morgan fingerprint density at radius 1 is 1.27 bits per heavy atom. The number of aryl methyl sites for hydroxylation is 1. The van der Waals surface area contributed by atoms with Gasteiger partial charge in [-0.15, -0.1) is 0 Å². The maximum Gasteiger partial charge on any atom is 0.335 e. The summed E-state index contributed by atoms with van der Waals surface area (Å²) in [6.45, 7) is 12.4. The van der Waals surface area contributed by atoms with Crippen molar-refractivity contribution in [3.63, 3.8) is 0 Å². The summed E-state index contributed by atoms with van der Waals surface area (Å²) in [4.78, 5) is 12.0. The van der Waals surface area contributed by atoms with Crippen molar-refractivity contribution in [1.82, 2.24) is 0 Å². The van der Waals surface area contributed by atoms with Crippen LogP contribution in [0.1, 0.15) is 76.9 Å². The normalized spacial score (nSPS) is 36.7. The number of esters is 1. The Morgan fingerprint density at radius 3 is 2.70 bits per heavy atom. The SMILES string of the molecule is CC(C)=CC(=O)O/C=C/[C@H]1c2cc(C)oc2[C@]2(O)COC(C)(C)[C@@H]3CC[C@@]1(C)C[C@@H]32. The van der Waals surface area contributed by atoms with Gasteiger partial charge < -0.3 is 19.0 Å². The van der Waals surface area contributed by atoms with Crippen LogP contribution in [0, 0.1) is 24.2 Å². The monoisotopic (exact) mass is 414 g/mol. The Bertz CT molecular complexity index is 903. The van der Waals surface area contributed by atoms with Crippen LogP contribution in [-0.2, 0) is 19.9 Å². The van der Waals surface area contributed by atoms with Crippen molar-refractivity contribution in [3.05, 3.63) is 47.1 Å². The minimum atomic E-state index is -1.13. The molecular formula is C25H34O5. The molecule has 5 atom stereocenters. The molecule has 0 radical (unpaired) electrons. The summed E-state index contributed by atoms with van der Waals surface area (Å²) in [5.74, 6) is 1.35. The summed E-state index contributed by atoms with van der Waals surface area (Å²) in [5, 5.41) is 11.9. The molecule has 1 aromatic heterocycles. The van der Waals surface area contributed by atoms with Gasteiger partial charge in [0.25, 0.3) is 0 Å². The smallest absolute Gasteiger partial charge is 0.335 e. The highest BCUT2D eigenvalue weighted by atomic mass is 16.5. The van der Waals surface area contributed by atoms with E-state index in [0.717, 1.165) is 36.2 Å². The summed E-state index contributed by atoms with van der Waals surface area (Å²) in [5.41, 5.74) is 0.416. The Kier molecular flexibility index (Phi) is 5.06. The second kappa shape index (κ2) is 7.10. The molecule has 0 spiro atoms. The highest BCUT2D eigenvalue weighted by molar-refractivity contribution is 5.83. The number of allylic oxidation sites excluding steroid dienone is 2. The topological polar surface area (TPSA) is 68.9 Å². The number of carbonyl (C=O) groups is 1. The minimum Gasteiger partial charge on any atom is -0.463 e. The van der Waals surface area contributed by atoms with Gasteiger partial charge in [-0.25, -0.2) is 4.79 Å². The van der Waals surface area contributed by atoms with Gasteiger partial charge in [-0.2, -0.15) is 0 Å². The van der Waals surface area contributed by atoms with E-state index in [4.69, 9.17) is 13.9 Å². The number of fused-ring (bicyclic) bond motifs is 3. The van der Waals surface area contributed by atoms with E-state index in [1.807, 2.05) is 32.9 Å². The van der Waals surface area contributed by atoms with Gasteiger partial charge in [0.1, 0.15) is 17.1 Å². The molecule has 5 nitrogen and oxygen atoms in total. The highest BCUT2D eigenvalue weighted by Crippen LogP contribution is 2.63. The van der Waals surface area contributed by atoms with E-state index in [2.05, 4.69) is 20.8 Å². The third kappa shape index (κ3) is 3.36. The predicted molar refractivity (Wildman–Crippen MR) is 114 cm³/mol. The van der Waals surface area contributed by atoms with Crippen LogP contribution in [-0.4, -0.2) is 23.3 Å². The number of carbonyl (C=O) groups excluding carboxylic acids is 1. The highest BCUT2D eigenvalue weighted by Gasteiger charge is 2.62. The van der Waals surface area contributed by atoms with Crippen LogP contribution in [0.25, 0.3) is 0 Å². The second-order valence-electron chi connectivity index (χ2n) is 10.5. The molecule has 3 aliphatic rings. The van der Waals surface area contributed by atoms with Crippen LogP contribution < -0.4 is 0 Å². The van der Waals surface area contributed by atoms with E-state index >= 15 is 0 Å². The van der Waals surface area contributed by atoms with Crippen LogP contribution in [0.4, 0.5) is 0 Å². The third-order valence-electron chi connectivity index (χ3n) is 7.59. The van der Waals surface area contributed by atoms with Crippen molar-refractivity contribution in [1.29, 1.82) is 0 Å². The van der Waals surface area contributed by atoms with Gasteiger partial charge in [0.2, 0.25) is 0 Å². The molecule has 1 saturated heterocycles. The number of aliphatic hydroxyl groups is 1. The first-order valence-electron chi connectivity index (χ1n) is 11.0. The molecule has 1 aromatic rings. The first kappa shape index (κ1) is 21.4. The van der Waals surface area contributed by atoms with Gasteiger partial charge in [0.05, 0.1) is 18.5 Å². The minimum absolute atomic E-state index is 0.0110. The van der Waals surface area contributed by atoms with E-state index in [1.54, 1.807) is 0 Å². The zero-order valence-corrected chi connectivity index (χ0v) is 19.0. The number of furan rings is 1. The maximum atomic E-state index is 12.0. The molecule has 2 heterocycles. The van der Waals surface area contributed by atoms with Crippen LogP contribution in [0.3, 0.4) is 0 Å². The summed E-state index contributed by atoms with van der Waals surface area (Å²) < 4.78 is 17.7. The van der Waals surface area contributed by atoms with Gasteiger partial charge in [-0.1, -0.05) is 12.5 Å².